The van der Waals surface area contributed by atoms with Crippen LogP contribution >= 0.6 is 0 Å². The van der Waals surface area contributed by atoms with Gasteiger partial charge in [0.25, 0.3) is 5.91 Å². The average molecular weight is 408 g/mol. The van der Waals surface area contributed by atoms with Crippen molar-refractivity contribution < 1.29 is 22.0 Å². The molecule has 0 aliphatic carbocycles. The Morgan fingerprint density at radius 2 is 1.57 bits per heavy atom. The van der Waals surface area contributed by atoms with Gasteiger partial charge < -0.3 is 5.32 Å². The number of carbonyl (C=O) groups is 1. The lowest BCUT2D eigenvalue weighted by atomic mass is 10.2. The third kappa shape index (κ3) is 4.56. The van der Waals surface area contributed by atoms with E-state index in [4.69, 9.17) is 0 Å². The number of hydrogen-bond acceptors (Lipinski definition) is 3. The van der Waals surface area contributed by atoms with Gasteiger partial charge in [0, 0.05) is 30.4 Å². The zero-order valence-corrected chi connectivity index (χ0v) is 16.4. The SMILES string of the molecule is Cc1ccc(NC(=O)c2cc(F)cc(F)c2)cc1S(=O)(=O)N1CCCCCC1. The van der Waals surface area contributed by atoms with Crippen LogP contribution in [0.25, 0.3) is 0 Å². The number of hydrogen-bond donors (Lipinski definition) is 1. The van der Waals surface area contributed by atoms with E-state index < -0.39 is 27.6 Å². The molecule has 1 aliphatic rings. The van der Waals surface area contributed by atoms with Crippen LogP contribution in [0.3, 0.4) is 0 Å². The first-order valence-electron chi connectivity index (χ1n) is 9.15. The predicted octanol–water partition coefficient (Wildman–Crippen LogP) is 4.09. The Morgan fingerprint density at radius 1 is 0.964 bits per heavy atom. The summed E-state index contributed by atoms with van der Waals surface area (Å²) in [4.78, 5) is 12.4. The van der Waals surface area contributed by atoms with Crippen LogP contribution in [0.2, 0.25) is 0 Å². The molecule has 1 amide bonds. The van der Waals surface area contributed by atoms with Crippen molar-refractivity contribution in [2.75, 3.05) is 18.4 Å². The Hall–Kier alpha value is -2.32. The lowest BCUT2D eigenvalue weighted by Gasteiger charge is -2.21. The van der Waals surface area contributed by atoms with Crippen molar-refractivity contribution in [2.24, 2.45) is 0 Å². The number of amides is 1. The van der Waals surface area contributed by atoms with E-state index in [0.717, 1.165) is 37.8 Å². The first-order valence-corrected chi connectivity index (χ1v) is 10.6. The van der Waals surface area contributed by atoms with Crippen molar-refractivity contribution in [3.05, 3.63) is 59.2 Å². The number of sulfonamides is 1. The third-order valence-electron chi connectivity index (χ3n) is 4.75. The highest BCUT2D eigenvalue weighted by molar-refractivity contribution is 7.89. The summed E-state index contributed by atoms with van der Waals surface area (Å²) in [5.41, 5.74) is 0.628. The molecule has 0 radical (unpaired) electrons. The quantitative estimate of drug-likeness (QED) is 0.829. The van der Waals surface area contributed by atoms with E-state index in [0.29, 0.717) is 24.7 Å². The fourth-order valence-corrected chi connectivity index (χ4v) is 5.03. The van der Waals surface area contributed by atoms with Crippen LogP contribution in [0.5, 0.6) is 0 Å². The molecule has 0 bridgehead atoms. The Bertz CT molecular complexity index is 965. The van der Waals surface area contributed by atoms with Gasteiger partial charge in [-0.2, -0.15) is 4.31 Å². The zero-order valence-electron chi connectivity index (χ0n) is 15.5. The maximum atomic E-state index is 13.3. The summed E-state index contributed by atoms with van der Waals surface area (Å²) in [6.45, 7) is 2.64. The molecule has 150 valence electrons. The Labute approximate surface area is 163 Å². The average Bonchev–Trinajstić information content (AvgIpc) is 2.92. The molecule has 28 heavy (non-hydrogen) atoms. The van der Waals surface area contributed by atoms with Gasteiger partial charge >= 0.3 is 0 Å². The van der Waals surface area contributed by atoms with Crippen LogP contribution in [0.15, 0.2) is 41.3 Å². The van der Waals surface area contributed by atoms with Gasteiger partial charge in [-0.1, -0.05) is 18.9 Å². The molecule has 8 heteroatoms. The summed E-state index contributed by atoms with van der Waals surface area (Å²) in [5.74, 6) is -2.45. The van der Waals surface area contributed by atoms with Crippen LogP contribution < -0.4 is 5.32 Å². The topological polar surface area (TPSA) is 66.5 Å². The Morgan fingerprint density at radius 3 is 2.18 bits per heavy atom. The first kappa shape index (κ1) is 20.4. The monoisotopic (exact) mass is 408 g/mol. The molecule has 0 saturated carbocycles. The molecular weight excluding hydrogens is 386 g/mol. The van der Waals surface area contributed by atoms with Crippen LogP contribution in [0.1, 0.15) is 41.6 Å². The smallest absolute Gasteiger partial charge is 0.255 e. The summed E-state index contributed by atoms with van der Waals surface area (Å²) in [7, 11) is -3.69. The summed E-state index contributed by atoms with van der Waals surface area (Å²) in [5, 5.41) is 2.51. The molecule has 1 N–H and O–H groups in total. The van der Waals surface area contributed by atoms with Gasteiger partial charge in [0.1, 0.15) is 11.6 Å². The first-order chi connectivity index (χ1) is 13.3. The largest absolute Gasteiger partial charge is 0.322 e. The normalized spacial score (nSPS) is 15.8. The number of rotatable bonds is 4. The van der Waals surface area contributed by atoms with E-state index >= 15 is 0 Å². The fourth-order valence-electron chi connectivity index (χ4n) is 3.27. The molecule has 5 nitrogen and oxygen atoms in total. The van der Waals surface area contributed by atoms with Crippen molar-refractivity contribution in [3.8, 4) is 0 Å². The Balaban J connectivity index is 1.87. The molecule has 1 fully saturated rings. The van der Waals surface area contributed by atoms with Crippen molar-refractivity contribution in [1.82, 2.24) is 4.31 Å². The molecule has 0 aromatic heterocycles. The lowest BCUT2D eigenvalue weighted by molar-refractivity contribution is 0.102. The minimum Gasteiger partial charge on any atom is -0.322 e. The summed E-state index contributed by atoms with van der Waals surface area (Å²) in [6.07, 6.45) is 3.65. The molecule has 0 unspecified atom stereocenters. The highest BCUT2D eigenvalue weighted by Gasteiger charge is 2.27. The molecule has 0 spiro atoms. The number of nitrogens with zero attached hydrogens (tertiary/aromatic N) is 1. The van der Waals surface area contributed by atoms with Crippen LogP contribution in [0, 0.1) is 18.6 Å². The van der Waals surface area contributed by atoms with Gasteiger partial charge in [0.05, 0.1) is 4.90 Å². The number of carbonyl (C=O) groups excluding carboxylic acids is 1. The van der Waals surface area contributed by atoms with Crippen LogP contribution in [-0.2, 0) is 10.0 Å². The molecular formula is C20H22F2N2O3S. The molecule has 0 atom stereocenters. The van der Waals surface area contributed by atoms with Crippen LogP contribution in [-0.4, -0.2) is 31.7 Å². The van der Waals surface area contributed by atoms with E-state index in [2.05, 4.69) is 5.32 Å². The lowest BCUT2D eigenvalue weighted by Crippen LogP contribution is -2.32. The second kappa shape index (κ2) is 8.36. The number of aryl methyl sites for hydroxylation is 1. The van der Waals surface area contributed by atoms with Crippen LogP contribution in [0.4, 0.5) is 14.5 Å². The van der Waals surface area contributed by atoms with Crippen molar-refractivity contribution >= 4 is 21.6 Å². The molecule has 2 aromatic rings. The molecule has 1 heterocycles. The van der Waals surface area contributed by atoms with Gasteiger partial charge in [0.15, 0.2) is 0 Å². The minimum atomic E-state index is -3.69. The number of nitrogens with one attached hydrogen (secondary N) is 1. The molecule has 1 aliphatic heterocycles. The van der Waals surface area contributed by atoms with Gasteiger partial charge in [-0.3, -0.25) is 4.79 Å². The van der Waals surface area contributed by atoms with E-state index in [9.17, 15) is 22.0 Å². The van der Waals surface area contributed by atoms with Gasteiger partial charge in [-0.15, -0.1) is 0 Å². The summed E-state index contributed by atoms with van der Waals surface area (Å²) in [6, 6.07) is 7.07. The van der Waals surface area contributed by atoms with Gasteiger partial charge in [0.2, 0.25) is 10.0 Å². The number of anilines is 1. The van der Waals surface area contributed by atoms with Crippen molar-refractivity contribution in [2.45, 2.75) is 37.5 Å². The number of halogens is 2. The summed E-state index contributed by atoms with van der Waals surface area (Å²) >= 11 is 0. The van der Waals surface area contributed by atoms with E-state index in [-0.39, 0.29) is 16.1 Å². The van der Waals surface area contributed by atoms with E-state index in [1.54, 1.807) is 19.1 Å². The zero-order chi connectivity index (χ0) is 20.3. The van der Waals surface area contributed by atoms with Crippen molar-refractivity contribution in [3.63, 3.8) is 0 Å². The molecule has 1 saturated heterocycles. The van der Waals surface area contributed by atoms with Gasteiger partial charge in [-0.05, 0) is 49.6 Å². The van der Waals surface area contributed by atoms with E-state index in [1.807, 2.05) is 0 Å². The summed E-state index contributed by atoms with van der Waals surface area (Å²) < 4.78 is 54.3. The molecule has 2 aromatic carbocycles. The second-order valence-electron chi connectivity index (χ2n) is 6.91. The van der Waals surface area contributed by atoms with Gasteiger partial charge in [-0.25, -0.2) is 17.2 Å². The standard InChI is InChI=1S/C20H22F2N2O3S/c1-14-6-7-18(23-20(25)15-10-16(21)12-17(22)11-15)13-19(14)28(26,27)24-8-4-2-3-5-9-24/h6-7,10-13H,2-5,8-9H2,1H3,(H,23,25). The third-order valence-corrected chi connectivity index (χ3v) is 6.79. The highest BCUT2D eigenvalue weighted by atomic mass is 32.2. The maximum Gasteiger partial charge on any atom is 0.255 e. The fraction of sp³-hybridized carbons (Fsp3) is 0.350. The Kier molecular flexibility index (Phi) is 6.10. The second-order valence-corrected chi connectivity index (χ2v) is 8.82. The van der Waals surface area contributed by atoms with E-state index in [1.165, 1.54) is 10.4 Å². The number of benzene rings is 2. The molecule has 3 rings (SSSR count). The maximum absolute atomic E-state index is 13.3. The van der Waals surface area contributed by atoms with Crippen molar-refractivity contribution in [1.29, 1.82) is 0 Å². The minimum absolute atomic E-state index is 0.123. The predicted molar refractivity (Wildman–Crippen MR) is 103 cm³/mol. The highest BCUT2D eigenvalue weighted by Crippen LogP contribution is 2.26.